The molecule has 8 heteroatoms. The van der Waals surface area contributed by atoms with E-state index in [4.69, 9.17) is 17.0 Å². The highest BCUT2D eigenvalue weighted by atomic mass is 79.9. The Bertz CT molecular complexity index is 754. The van der Waals surface area contributed by atoms with Crippen molar-refractivity contribution in [3.05, 3.63) is 32.8 Å². The zero-order chi connectivity index (χ0) is 16.8. The Kier molecular flexibility index (Phi) is 6.35. The van der Waals surface area contributed by atoms with Crippen LogP contribution in [0.15, 0.2) is 21.7 Å². The normalized spacial score (nSPS) is 11.3. The Morgan fingerprint density at radius 1 is 1.48 bits per heavy atom. The number of phenolic OH excluding ortho intramolecular Hbond substituents is 1. The van der Waals surface area contributed by atoms with Gasteiger partial charge in [0.1, 0.15) is 0 Å². The molecule has 2 N–H and O–H groups in total. The number of aromatic amines is 1. The van der Waals surface area contributed by atoms with E-state index in [1.807, 2.05) is 6.92 Å². The summed E-state index contributed by atoms with van der Waals surface area (Å²) < 4.78 is 8.03. The summed E-state index contributed by atoms with van der Waals surface area (Å²) in [6.45, 7) is 4.45. The van der Waals surface area contributed by atoms with Gasteiger partial charge in [0.15, 0.2) is 17.3 Å². The summed E-state index contributed by atoms with van der Waals surface area (Å²) >= 11 is 8.52. The Morgan fingerprint density at radius 2 is 2.26 bits per heavy atom. The number of nitrogens with zero attached hydrogens (tertiary/aromatic N) is 3. The number of unbranched alkanes of at least 4 members (excludes halogenated alkanes) is 1. The maximum absolute atomic E-state index is 9.94. The van der Waals surface area contributed by atoms with E-state index in [-0.39, 0.29) is 5.75 Å². The van der Waals surface area contributed by atoms with Crippen molar-refractivity contribution in [2.24, 2.45) is 5.10 Å². The zero-order valence-corrected chi connectivity index (χ0v) is 15.4. The predicted molar refractivity (Wildman–Crippen MR) is 96.0 cm³/mol. The molecule has 1 heterocycles. The molecule has 23 heavy (non-hydrogen) atoms. The number of rotatable bonds is 7. The maximum Gasteiger partial charge on any atom is 0.216 e. The molecule has 0 saturated carbocycles. The van der Waals surface area contributed by atoms with E-state index < -0.39 is 0 Å². The lowest BCUT2D eigenvalue weighted by Gasteiger charge is -2.08. The number of nitrogens with one attached hydrogen (secondary N) is 1. The topological polar surface area (TPSA) is 75.4 Å². The smallest absolute Gasteiger partial charge is 0.216 e. The van der Waals surface area contributed by atoms with Crippen LogP contribution >= 0.6 is 28.1 Å². The van der Waals surface area contributed by atoms with Crippen molar-refractivity contribution in [1.29, 1.82) is 0 Å². The summed E-state index contributed by atoms with van der Waals surface area (Å²) in [5, 5.41) is 21.3. The quantitative estimate of drug-likeness (QED) is 0.545. The molecule has 0 amide bonds. The first-order valence-corrected chi connectivity index (χ1v) is 8.62. The molecule has 6 nitrogen and oxygen atoms in total. The molecule has 0 aliphatic carbocycles. The maximum atomic E-state index is 9.94. The molecule has 0 radical (unpaired) electrons. The number of aromatic hydroxyl groups is 1. The van der Waals surface area contributed by atoms with Gasteiger partial charge in [0.2, 0.25) is 4.77 Å². The Hall–Kier alpha value is -1.67. The van der Waals surface area contributed by atoms with Gasteiger partial charge in [0.25, 0.3) is 0 Å². The molecule has 1 aromatic heterocycles. The standard InChI is InChI=1S/C15H19BrN4O2S/c1-3-5-6-13-18-19-15(23)20(13)17-9-10-7-11(16)14(21)12(8-10)22-4-2/h7-9,21H,3-6H2,1-2H3,(H,19,23)/b17-9-. The fourth-order valence-electron chi connectivity index (χ4n) is 2.00. The Balaban J connectivity index is 2.30. The van der Waals surface area contributed by atoms with E-state index in [9.17, 15) is 5.11 Å². The number of aromatic nitrogens is 3. The van der Waals surface area contributed by atoms with E-state index in [2.05, 4.69) is 38.2 Å². The van der Waals surface area contributed by atoms with Gasteiger partial charge < -0.3 is 9.84 Å². The van der Waals surface area contributed by atoms with Crippen molar-refractivity contribution in [3.8, 4) is 11.5 Å². The van der Waals surface area contributed by atoms with Crippen molar-refractivity contribution in [1.82, 2.24) is 14.9 Å². The van der Waals surface area contributed by atoms with Gasteiger partial charge >= 0.3 is 0 Å². The first-order chi connectivity index (χ1) is 11.1. The number of hydrogen-bond acceptors (Lipinski definition) is 5. The molecule has 1 aromatic carbocycles. The fourth-order valence-corrected chi connectivity index (χ4v) is 2.66. The molecular formula is C15H19BrN4O2S. The number of aryl methyl sites for hydroxylation is 1. The highest BCUT2D eigenvalue weighted by Gasteiger charge is 2.09. The number of halogens is 1. The van der Waals surface area contributed by atoms with E-state index >= 15 is 0 Å². The summed E-state index contributed by atoms with van der Waals surface area (Å²) in [5.74, 6) is 1.29. The molecule has 2 rings (SSSR count). The molecule has 2 aromatic rings. The SMILES string of the molecule is CCCCc1n[nH]c(=S)n1/N=C\c1cc(Br)c(O)c(OCC)c1. The minimum absolute atomic E-state index is 0.0764. The molecule has 0 atom stereocenters. The monoisotopic (exact) mass is 398 g/mol. The molecule has 124 valence electrons. The van der Waals surface area contributed by atoms with Crippen LogP contribution in [0.2, 0.25) is 0 Å². The number of H-pyrrole nitrogens is 1. The van der Waals surface area contributed by atoms with Crippen molar-refractivity contribution < 1.29 is 9.84 Å². The lowest BCUT2D eigenvalue weighted by molar-refractivity contribution is 0.317. The van der Waals surface area contributed by atoms with Crippen LogP contribution in [0.5, 0.6) is 11.5 Å². The van der Waals surface area contributed by atoms with Gasteiger partial charge in [-0.25, -0.2) is 0 Å². The third-order valence-corrected chi connectivity index (χ3v) is 4.01. The van der Waals surface area contributed by atoms with Crippen molar-refractivity contribution >= 4 is 34.4 Å². The van der Waals surface area contributed by atoms with Gasteiger partial charge in [-0.05, 0) is 59.2 Å². The van der Waals surface area contributed by atoms with Gasteiger partial charge in [0, 0.05) is 6.42 Å². The third kappa shape index (κ3) is 4.42. The molecule has 0 aliphatic heterocycles. The zero-order valence-electron chi connectivity index (χ0n) is 13.0. The summed E-state index contributed by atoms with van der Waals surface area (Å²) in [6.07, 6.45) is 4.57. The van der Waals surface area contributed by atoms with Crippen molar-refractivity contribution in [2.45, 2.75) is 33.1 Å². The molecule has 0 saturated heterocycles. The molecular weight excluding hydrogens is 380 g/mol. The second-order valence-corrected chi connectivity index (χ2v) is 6.13. The van der Waals surface area contributed by atoms with E-state index in [0.717, 1.165) is 30.7 Å². The van der Waals surface area contributed by atoms with Crippen LogP contribution in [-0.2, 0) is 6.42 Å². The predicted octanol–water partition coefficient (Wildman–Crippen LogP) is 4.03. The largest absolute Gasteiger partial charge is 0.503 e. The molecule has 0 unspecified atom stereocenters. The van der Waals surface area contributed by atoms with Gasteiger partial charge in [-0.2, -0.15) is 14.9 Å². The summed E-state index contributed by atoms with van der Waals surface area (Å²) in [6, 6.07) is 3.49. The van der Waals surface area contributed by atoms with Crippen LogP contribution in [0.4, 0.5) is 0 Å². The van der Waals surface area contributed by atoms with Gasteiger partial charge in [-0.3, -0.25) is 5.10 Å². The minimum atomic E-state index is 0.0764. The van der Waals surface area contributed by atoms with Gasteiger partial charge in [-0.15, -0.1) is 0 Å². The molecule has 0 spiro atoms. The number of hydrogen-bond donors (Lipinski definition) is 2. The lowest BCUT2D eigenvalue weighted by Crippen LogP contribution is -2.00. The summed E-state index contributed by atoms with van der Waals surface area (Å²) in [4.78, 5) is 0. The molecule has 0 aliphatic rings. The van der Waals surface area contributed by atoms with Crippen molar-refractivity contribution in [3.63, 3.8) is 0 Å². The number of benzene rings is 1. The third-order valence-electron chi connectivity index (χ3n) is 3.14. The minimum Gasteiger partial charge on any atom is -0.503 e. The highest BCUT2D eigenvalue weighted by molar-refractivity contribution is 9.10. The average molecular weight is 399 g/mol. The van der Waals surface area contributed by atoms with Crippen LogP contribution < -0.4 is 4.74 Å². The van der Waals surface area contributed by atoms with E-state index in [1.165, 1.54) is 0 Å². The Labute approximate surface area is 148 Å². The Morgan fingerprint density at radius 3 is 2.96 bits per heavy atom. The van der Waals surface area contributed by atoms with Crippen LogP contribution in [0, 0.1) is 4.77 Å². The fraction of sp³-hybridized carbons (Fsp3) is 0.400. The van der Waals surface area contributed by atoms with Crippen LogP contribution in [0.3, 0.4) is 0 Å². The summed E-state index contributed by atoms with van der Waals surface area (Å²) in [7, 11) is 0. The second kappa shape index (κ2) is 8.26. The van der Waals surface area contributed by atoms with Crippen LogP contribution in [-0.4, -0.2) is 32.8 Å². The lowest BCUT2D eigenvalue weighted by atomic mass is 10.2. The van der Waals surface area contributed by atoms with Gasteiger partial charge in [0.05, 0.1) is 17.3 Å². The van der Waals surface area contributed by atoms with E-state index in [0.29, 0.717) is 21.6 Å². The average Bonchev–Trinajstić information content (AvgIpc) is 2.88. The van der Waals surface area contributed by atoms with Crippen molar-refractivity contribution in [2.75, 3.05) is 6.61 Å². The molecule has 0 fully saturated rings. The first-order valence-electron chi connectivity index (χ1n) is 7.42. The number of ether oxygens (including phenoxy) is 1. The first kappa shape index (κ1) is 17.7. The summed E-state index contributed by atoms with van der Waals surface area (Å²) in [5.41, 5.74) is 0.780. The highest BCUT2D eigenvalue weighted by Crippen LogP contribution is 2.35. The van der Waals surface area contributed by atoms with Crippen LogP contribution in [0.1, 0.15) is 38.1 Å². The van der Waals surface area contributed by atoms with Crippen LogP contribution in [0.25, 0.3) is 0 Å². The van der Waals surface area contributed by atoms with Gasteiger partial charge in [-0.1, -0.05) is 13.3 Å². The van der Waals surface area contributed by atoms with E-state index in [1.54, 1.807) is 23.0 Å². The molecule has 0 bridgehead atoms. The number of phenols is 1. The second-order valence-electron chi connectivity index (χ2n) is 4.89.